The first-order chi connectivity index (χ1) is 6.83. The predicted octanol–water partition coefficient (Wildman–Crippen LogP) is 3.29. The molecule has 14 heavy (non-hydrogen) atoms. The lowest BCUT2D eigenvalue weighted by Gasteiger charge is -2.06. The van der Waals surface area contributed by atoms with Crippen LogP contribution in [0.4, 0.5) is 0 Å². The molecule has 0 atom stereocenters. The first kappa shape index (κ1) is 9.28. The normalized spacial score (nSPS) is 10.4. The number of para-hydroxylation sites is 1. The van der Waals surface area contributed by atoms with Crippen LogP contribution >= 0.6 is 11.6 Å². The molecule has 0 amide bonds. The van der Waals surface area contributed by atoms with E-state index in [-0.39, 0.29) is 0 Å². The van der Waals surface area contributed by atoms with E-state index in [0.29, 0.717) is 17.4 Å². The van der Waals surface area contributed by atoms with E-state index in [0.717, 1.165) is 10.9 Å². The Morgan fingerprint density at radius 1 is 1.36 bits per heavy atom. The minimum atomic E-state index is 0.597. The molecule has 0 fully saturated rings. The summed E-state index contributed by atoms with van der Waals surface area (Å²) in [6, 6.07) is 7.74. The van der Waals surface area contributed by atoms with Crippen molar-refractivity contribution in [3.05, 3.63) is 35.5 Å². The molecule has 0 saturated heterocycles. The molecule has 0 bridgehead atoms. The molecule has 1 heterocycles. The summed E-state index contributed by atoms with van der Waals surface area (Å²) in [5.41, 5.74) is 0.890. The fourth-order valence-corrected chi connectivity index (χ4v) is 1.61. The number of pyridine rings is 1. The minimum absolute atomic E-state index is 0.597. The number of nitrogens with zero attached hydrogens (tertiary/aromatic N) is 1. The highest BCUT2D eigenvalue weighted by atomic mass is 35.5. The summed E-state index contributed by atoms with van der Waals surface area (Å²) in [6.07, 6.45) is 1.66. The molecule has 0 spiro atoms. The maximum absolute atomic E-state index is 6.16. The van der Waals surface area contributed by atoms with Gasteiger partial charge in [-0.15, -0.1) is 0 Å². The Hall–Kier alpha value is -1.28. The summed E-state index contributed by atoms with van der Waals surface area (Å²) in [4.78, 5) is 4.25. The van der Waals surface area contributed by atoms with E-state index in [1.807, 2.05) is 31.2 Å². The lowest BCUT2D eigenvalue weighted by atomic mass is 10.2. The third kappa shape index (κ3) is 1.53. The maximum Gasteiger partial charge on any atom is 0.156 e. The van der Waals surface area contributed by atoms with Gasteiger partial charge < -0.3 is 4.74 Å². The van der Waals surface area contributed by atoms with Crippen LogP contribution < -0.4 is 4.74 Å². The summed E-state index contributed by atoms with van der Waals surface area (Å²) >= 11 is 6.16. The van der Waals surface area contributed by atoms with Crippen LogP contribution in [0.25, 0.3) is 10.9 Å². The van der Waals surface area contributed by atoms with E-state index < -0.39 is 0 Å². The Morgan fingerprint density at radius 2 is 2.14 bits per heavy atom. The highest BCUT2D eigenvalue weighted by molar-refractivity contribution is 6.36. The van der Waals surface area contributed by atoms with Gasteiger partial charge in [-0.05, 0) is 13.0 Å². The molecular formula is C11H10ClNO. The van der Waals surface area contributed by atoms with Crippen molar-refractivity contribution in [1.82, 2.24) is 4.98 Å². The second kappa shape index (κ2) is 3.84. The summed E-state index contributed by atoms with van der Waals surface area (Å²) in [7, 11) is 0. The van der Waals surface area contributed by atoms with E-state index in [2.05, 4.69) is 4.98 Å². The molecule has 2 nitrogen and oxygen atoms in total. The second-order valence-electron chi connectivity index (χ2n) is 2.89. The van der Waals surface area contributed by atoms with Crippen molar-refractivity contribution in [2.75, 3.05) is 6.61 Å². The molecule has 2 rings (SSSR count). The average Bonchev–Trinajstić information content (AvgIpc) is 2.23. The Balaban J connectivity index is 2.63. The zero-order valence-electron chi connectivity index (χ0n) is 7.83. The van der Waals surface area contributed by atoms with Gasteiger partial charge in [-0.1, -0.05) is 29.8 Å². The summed E-state index contributed by atoms with van der Waals surface area (Å²) in [5, 5.41) is 1.57. The van der Waals surface area contributed by atoms with E-state index in [1.165, 1.54) is 0 Å². The number of aromatic nitrogens is 1. The smallest absolute Gasteiger partial charge is 0.156 e. The number of hydrogen-bond donors (Lipinski definition) is 0. The van der Waals surface area contributed by atoms with Gasteiger partial charge in [0.25, 0.3) is 0 Å². The number of benzene rings is 1. The Bertz CT molecular complexity index is 456. The third-order valence-electron chi connectivity index (χ3n) is 1.98. The molecule has 0 unspecified atom stereocenters. The highest BCUT2D eigenvalue weighted by Gasteiger charge is 2.05. The molecule has 1 aromatic carbocycles. The number of rotatable bonds is 2. The Morgan fingerprint density at radius 3 is 2.93 bits per heavy atom. The van der Waals surface area contributed by atoms with Crippen molar-refractivity contribution in [2.24, 2.45) is 0 Å². The maximum atomic E-state index is 6.16. The van der Waals surface area contributed by atoms with Gasteiger partial charge in [0.05, 0.1) is 23.3 Å². The van der Waals surface area contributed by atoms with Crippen LogP contribution in [0.5, 0.6) is 5.75 Å². The van der Waals surface area contributed by atoms with Gasteiger partial charge in [0, 0.05) is 5.39 Å². The van der Waals surface area contributed by atoms with Crippen LogP contribution in [-0.2, 0) is 0 Å². The quantitative estimate of drug-likeness (QED) is 0.754. The van der Waals surface area contributed by atoms with Crippen LogP contribution in [-0.4, -0.2) is 11.6 Å². The number of halogens is 1. The number of hydrogen-bond acceptors (Lipinski definition) is 2. The van der Waals surface area contributed by atoms with E-state index in [9.17, 15) is 0 Å². The van der Waals surface area contributed by atoms with Gasteiger partial charge in [-0.25, -0.2) is 0 Å². The van der Waals surface area contributed by atoms with Crippen LogP contribution in [0.1, 0.15) is 6.92 Å². The van der Waals surface area contributed by atoms with Gasteiger partial charge >= 0.3 is 0 Å². The molecule has 0 aliphatic rings. The molecule has 0 aliphatic heterocycles. The minimum Gasteiger partial charge on any atom is -0.491 e. The molecule has 1 aromatic heterocycles. The summed E-state index contributed by atoms with van der Waals surface area (Å²) in [6.45, 7) is 2.52. The van der Waals surface area contributed by atoms with Crippen molar-refractivity contribution < 1.29 is 4.74 Å². The van der Waals surface area contributed by atoms with E-state index in [4.69, 9.17) is 16.3 Å². The first-order valence-electron chi connectivity index (χ1n) is 4.49. The van der Waals surface area contributed by atoms with E-state index >= 15 is 0 Å². The topological polar surface area (TPSA) is 22.1 Å². The van der Waals surface area contributed by atoms with Gasteiger partial charge in [0.2, 0.25) is 0 Å². The molecule has 3 heteroatoms. The average molecular weight is 208 g/mol. The van der Waals surface area contributed by atoms with Crippen LogP contribution in [0.15, 0.2) is 30.5 Å². The van der Waals surface area contributed by atoms with Gasteiger partial charge in [0.1, 0.15) is 0 Å². The highest BCUT2D eigenvalue weighted by Crippen LogP contribution is 2.30. The predicted molar refractivity (Wildman–Crippen MR) is 57.9 cm³/mol. The van der Waals surface area contributed by atoms with Gasteiger partial charge in [0.15, 0.2) is 5.75 Å². The molecule has 0 radical (unpaired) electrons. The van der Waals surface area contributed by atoms with Crippen molar-refractivity contribution in [3.8, 4) is 5.75 Å². The van der Waals surface area contributed by atoms with Crippen molar-refractivity contribution in [1.29, 1.82) is 0 Å². The van der Waals surface area contributed by atoms with Crippen molar-refractivity contribution >= 4 is 22.5 Å². The molecule has 0 saturated carbocycles. The first-order valence-corrected chi connectivity index (χ1v) is 4.86. The zero-order valence-corrected chi connectivity index (χ0v) is 8.58. The van der Waals surface area contributed by atoms with Crippen molar-refractivity contribution in [2.45, 2.75) is 6.92 Å². The lowest BCUT2D eigenvalue weighted by molar-refractivity contribution is 0.339. The zero-order chi connectivity index (χ0) is 9.97. The summed E-state index contributed by atoms with van der Waals surface area (Å²) in [5.74, 6) is 0.646. The fraction of sp³-hybridized carbons (Fsp3) is 0.182. The van der Waals surface area contributed by atoms with E-state index in [1.54, 1.807) is 6.20 Å². The lowest BCUT2D eigenvalue weighted by Crippen LogP contribution is -1.93. The SMILES string of the molecule is CCOc1cnc2ccccc2c1Cl. The largest absolute Gasteiger partial charge is 0.491 e. The van der Waals surface area contributed by atoms with Crippen molar-refractivity contribution in [3.63, 3.8) is 0 Å². The third-order valence-corrected chi connectivity index (χ3v) is 2.37. The monoisotopic (exact) mass is 207 g/mol. The molecule has 0 aliphatic carbocycles. The second-order valence-corrected chi connectivity index (χ2v) is 3.26. The molecule has 0 N–H and O–H groups in total. The standard InChI is InChI=1S/C11H10ClNO/c1-2-14-10-7-13-9-6-4-3-5-8(9)11(10)12/h3-7H,2H2,1H3. The van der Waals surface area contributed by atoms with Gasteiger partial charge in [-0.2, -0.15) is 0 Å². The Labute approximate surface area is 87.5 Å². The van der Waals surface area contributed by atoms with Crippen LogP contribution in [0.3, 0.4) is 0 Å². The summed E-state index contributed by atoms with van der Waals surface area (Å²) < 4.78 is 5.35. The molecular weight excluding hydrogens is 198 g/mol. The van der Waals surface area contributed by atoms with Gasteiger partial charge in [-0.3, -0.25) is 4.98 Å². The molecule has 2 aromatic rings. The number of fused-ring (bicyclic) bond motifs is 1. The fourth-order valence-electron chi connectivity index (χ4n) is 1.35. The van der Waals surface area contributed by atoms with Crippen LogP contribution in [0.2, 0.25) is 5.02 Å². The number of ether oxygens (including phenoxy) is 1. The molecule has 72 valence electrons. The Kier molecular flexibility index (Phi) is 2.55. The van der Waals surface area contributed by atoms with Crippen LogP contribution in [0, 0.1) is 0 Å².